The number of amides is 4. The van der Waals surface area contributed by atoms with E-state index < -0.39 is 47.8 Å². The van der Waals surface area contributed by atoms with Gasteiger partial charge in [0.05, 0.1) is 12.5 Å². The van der Waals surface area contributed by atoms with E-state index in [9.17, 15) is 19.2 Å². The molecule has 3 aromatic heterocycles. The Hall–Kier alpha value is -6.33. The summed E-state index contributed by atoms with van der Waals surface area (Å²) in [5.41, 5.74) is 5.51. The minimum absolute atomic E-state index is 0.0116. The summed E-state index contributed by atoms with van der Waals surface area (Å²) in [5.74, 6) is -5.06. The predicted octanol–water partition coefficient (Wildman–Crippen LogP) is 9.26. The van der Waals surface area contributed by atoms with Crippen LogP contribution in [0.25, 0.3) is 22.2 Å². The number of pyridine rings is 2. The molecule has 0 aliphatic carbocycles. The lowest BCUT2D eigenvalue weighted by Crippen LogP contribution is -2.50. The van der Waals surface area contributed by atoms with Crippen molar-refractivity contribution >= 4 is 46.4 Å². The van der Waals surface area contributed by atoms with Gasteiger partial charge in [0.2, 0.25) is 11.8 Å². The van der Waals surface area contributed by atoms with Crippen LogP contribution in [0.2, 0.25) is 0 Å². The van der Waals surface area contributed by atoms with Gasteiger partial charge in [-0.15, -0.1) is 0 Å². The Balaban J connectivity index is 0.730. The molecule has 9 rings (SSSR count). The number of carbonyl (C=O) groups is 4. The molecule has 0 saturated carbocycles. The van der Waals surface area contributed by atoms with Crippen LogP contribution in [-0.2, 0) is 21.4 Å². The minimum Gasteiger partial charge on any atom is -0.444 e. The Kier molecular flexibility index (Phi) is 14.3. The highest BCUT2D eigenvalue weighted by Crippen LogP contribution is 2.43. The molecule has 376 valence electrons. The van der Waals surface area contributed by atoms with Crippen LogP contribution < -0.4 is 16.0 Å². The second kappa shape index (κ2) is 20.4. The van der Waals surface area contributed by atoms with Crippen molar-refractivity contribution < 1.29 is 37.1 Å². The molecule has 0 spiro atoms. The largest absolute Gasteiger partial charge is 0.444 e. The van der Waals surface area contributed by atoms with Crippen molar-refractivity contribution in [2.75, 3.05) is 56.4 Å². The Morgan fingerprint density at radius 2 is 1.65 bits per heavy atom. The zero-order valence-corrected chi connectivity index (χ0v) is 41.2. The molecule has 4 saturated heterocycles. The lowest BCUT2D eigenvalue weighted by atomic mass is 9.85. The van der Waals surface area contributed by atoms with E-state index in [-0.39, 0.29) is 48.6 Å². The van der Waals surface area contributed by atoms with Gasteiger partial charge in [0, 0.05) is 79.4 Å². The minimum atomic E-state index is -3.14. The van der Waals surface area contributed by atoms with E-state index in [1.807, 2.05) is 56.1 Å². The molecule has 4 amide bonds. The lowest BCUT2D eigenvalue weighted by Gasteiger charge is -2.41. The summed E-state index contributed by atoms with van der Waals surface area (Å²) in [4.78, 5) is 64.9. The monoisotopic (exact) mass is 975 g/mol. The highest BCUT2D eigenvalue weighted by Gasteiger charge is 2.47. The number of nitrogens with zero attached hydrogens (tertiary/aromatic N) is 6. The van der Waals surface area contributed by atoms with Crippen LogP contribution >= 0.6 is 0 Å². The fourth-order valence-electron chi connectivity index (χ4n) is 11.0. The fourth-order valence-corrected chi connectivity index (χ4v) is 11.0. The van der Waals surface area contributed by atoms with Gasteiger partial charge in [-0.2, -0.15) is 0 Å². The first kappa shape index (κ1) is 49.6. The normalized spacial score (nSPS) is 21.2. The van der Waals surface area contributed by atoms with Crippen LogP contribution in [0.1, 0.15) is 118 Å². The van der Waals surface area contributed by atoms with Gasteiger partial charge in [-0.1, -0.05) is 18.2 Å². The van der Waals surface area contributed by atoms with E-state index in [0.717, 1.165) is 67.0 Å². The Morgan fingerprint density at radius 1 is 0.901 bits per heavy atom. The smallest absolute Gasteiger partial charge is 0.413 e. The van der Waals surface area contributed by atoms with Crippen LogP contribution in [0.3, 0.4) is 0 Å². The second-order valence-corrected chi connectivity index (χ2v) is 20.8. The molecule has 71 heavy (non-hydrogen) atoms. The molecule has 0 radical (unpaired) electrons. The number of rotatable bonds is 11. The number of ether oxygens (including phenoxy) is 1. The number of fused-ring (bicyclic) bond motifs is 1. The first-order valence-corrected chi connectivity index (χ1v) is 24.9. The molecular formula is C54H64F3N9O5. The highest BCUT2D eigenvalue weighted by atomic mass is 19.3. The first-order chi connectivity index (χ1) is 33.9. The number of benzene rings is 2. The molecule has 4 aliphatic heterocycles. The maximum absolute atomic E-state index is 15.7. The number of halogens is 3. The van der Waals surface area contributed by atoms with Gasteiger partial charge in [0.25, 0.3) is 11.8 Å². The quantitative estimate of drug-likeness (QED) is 0.109. The van der Waals surface area contributed by atoms with Gasteiger partial charge in [0.1, 0.15) is 28.9 Å². The van der Waals surface area contributed by atoms with Gasteiger partial charge in [-0.05, 0) is 163 Å². The van der Waals surface area contributed by atoms with Crippen LogP contribution in [0.15, 0.2) is 79.1 Å². The zero-order valence-electron chi connectivity index (χ0n) is 41.2. The van der Waals surface area contributed by atoms with E-state index in [1.54, 1.807) is 17.2 Å². The number of hydrogen-bond donors (Lipinski definition) is 3. The summed E-state index contributed by atoms with van der Waals surface area (Å²) in [6.45, 7) is 11.1. The number of aromatic nitrogens is 3. The highest BCUT2D eigenvalue weighted by molar-refractivity contribution is 6.01. The van der Waals surface area contributed by atoms with Crippen LogP contribution in [0.4, 0.5) is 29.5 Å². The van der Waals surface area contributed by atoms with Crippen LogP contribution in [0, 0.1) is 11.7 Å². The number of alkyl halides is 2. The summed E-state index contributed by atoms with van der Waals surface area (Å²) in [6.07, 6.45) is 6.98. The van der Waals surface area contributed by atoms with Crippen molar-refractivity contribution in [2.45, 2.75) is 108 Å². The van der Waals surface area contributed by atoms with E-state index in [4.69, 9.17) is 9.72 Å². The Bertz CT molecular complexity index is 2760. The molecule has 4 fully saturated rings. The summed E-state index contributed by atoms with van der Waals surface area (Å²) in [7, 11) is 2.06. The number of likely N-dealkylation sites (tertiary alicyclic amines) is 3. The van der Waals surface area contributed by atoms with Gasteiger partial charge in [-0.3, -0.25) is 34.8 Å². The van der Waals surface area contributed by atoms with Crippen molar-refractivity contribution in [3.63, 3.8) is 0 Å². The number of carbonyl (C=O) groups excluding carboxylic acids is 4. The van der Waals surface area contributed by atoms with Crippen LogP contribution in [0.5, 0.6) is 0 Å². The lowest BCUT2D eigenvalue weighted by molar-refractivity contribution is -0.133. The third kappa shape index (κ3) is 11.3. The van der Waals surface area contributed by atoms with Gasteiger partial charge in [-0.25, -0.2) is 27.9 Å². The molecule has 17 heteroatoms. The molecule has 2 unspecified atom stereocenters. The topological polar surface area (TPSA) is 154 Å². The molecule has 7 heterocycles. The van der Waals surface area contributed by atoms with Crippen molar-refractivity contribution in [2.24, 2.45) is 13.0 Å². The molecular weight excluding hydrogens is 912 g/mol. The van der Waals surface area contributed by atoms with Crippen molar-refractivity contribution in [1.29, 1.82) is 0 Å². The van der Waals surface area contributed by atoms with E-state index in [0.29, 0.717) is 49.2 Å². The summed E-state index contributed by atoms with van der Waals surface area (Å²) >= 11 is 0. The molecule has 0 bridgehead atoms. The summed E-state index contributed by atoms with van der Waals surface area (Å²) in [6, 6.07) is 19.5. The maximum atomic E-state index is 15.7. The third-order valence-corrected chi connectivity index (χ3v) is 14.9. The number of piperidine rings is 4. The molecule has 3 atom stereocenters. The Labute approximate surface area is 412 Å². The van der Waals surface area contributed by atoms with E-state index in [1.165, 1.54) is 23.4 Å². The number of imide groups is 1. The fraction of sp³-hybridized carbons (Fsp3) is 0.481. The molecule has 14 nitrogen and oxygen atoms in total. The van der Waals surface area contributed by atoms with Gasteiger partial charge < -0.3 is 19.5 Å². The number of aryl methyl sites for hydroxylation is 1. The molecule has 5 aromatic rings. The number of hydrogen-bond acceptors (Lipinski definition) is 10. The van der Waals surface area contributed by atoms with Gasteiger partial charge in [0.15, 0.2) is 0 Å². The Morgan fingerprint density at radius 3 is 2.31 bits per heavy atom. The SMILES string of the molecule is C[C@@H](c1cc2c(-c3ccc(NC(=O)OC(C)(C)C)nc3)ccnc2n1C)N1CCC(c2ccc(C(=O)N3CCC(CN4CCC(c5ccc(NC6CCC(=O)NC6=O)cc5F)C(F)(F)C4)CC3)cc2)CC1. The maximum Gasteiger partial charge on any atom is 0.413 e. The van der Waals surface area contributed by atoms with Crippen molar-refractivity contribution in [1.82, 2.24) is 34.6 Å². The molecule has 4 aliphatic rings. The van der Waals surface area contributed by atoms with E-state index >= 15 is 13.2 Å². The molecule has 3 N–H and O–H groups in total. The molecule has 2 aromatic carbocycles. The number of anilines is 2. The summed E-state index contributed by atoms with van der Waals surface area (Å²) < 4.78 is 54.2. The predicted molar refractivity (Wildman–Crippen MR) is 266 cm³/mol. The first-order valence-electron chi connectivity index (χ1n) is 24.9. The van der Waals surface area contributed by atoms with Crippen molar-refractivity contribution in [3.8, 4) is 11.1 Å². The second-order valence-electron chi connectivity index (χ2n) is 20.8. The third-order valence-electron chi connectivity index (χ3n) is 14.9. The average molecular weight is 976 g/mol. The summed E-state index contributed by atoms with van der Waals surface area (Å²) in [5, 5.41) is 8.89. The van der Waals surface area contributed by atoms with Crippen molar-refractivity contribution in [3.05, 3.63) is 107 Å². The van der Waals surface area contributed by atoms with Crippen LogP contribution in [-0.4, -0.2) is 116 Å². The standard InChI is InChI=1S/C54H64F3N9O5/c1-33(46-29-42-40(16-22-58-49(42)63(46)5)38-10-14-47(59-30-38)61-52(70)71-53(2,3)4)65-26-19-36(20-27-65)35-6-8-37(9-7-35)51(69)66-24-17-34(18-25-66)31-64-23-21-43(54(56,57)32-64)41-12-11-39(28-44(41)55)60-45-13-15-48(67)62-50(45)68/h6-12,14,16,22,28-30,33-34,36,43,45,60H,13,15,17-21,23-27,31-32H2,1-5H3,(H,59,61,70)(H,62,67,68)/t33-,43?,45?/m0/s1. The van der Waals surface area contributed by atoms with E-state index in [2.05, 4.69) is 62.6 Å². The van der Waals surface area contributed by atoms with Gasteiger partial charge >= 0.3 is 6.09 Å². The number of nitrogens with one attached hydrogen (secondary N) is 3. The zero-order chi connectivity index (χ0) is 50.2. The average Bonchev–Trinajstić information content (AvgIpc) is 3.68.